The Balaban J connectivity index is 2.23. The lowest BCUT2D eigenvalue weighted by Gasteiger charge is -2.33. The Morgan fingerprint density at radius 2 is 1.80 bits per heavy atom. The molecule has 1 aliphatic carbocycles. The van der Waals surface area contributed by atoms with Crippen LogP contribution in [0.15, 0.2) is 18.2 Å². The molecule has 1 N–H and O–H groups in total. The number of hydrogen-bond acceptors (Lipinski definition) is 2. The van der Waals surface area contributed by atoms with Gasteiger partial charge in [0.2, 0.25) is 0 Å². The van der Waals surface area contributed by atoms with Gasteiger partial charge < -0.3 is 9.84 Å². The predicted octanol–water partition coefficient (Wildman–Crippen LogP) is 3.98. The molecule has 2 rings (SSSR count). The third-order valence-electron chi connectivity index (χ3n) is 4.08. The molecule has 0 aromatic heterocycles. The Labute approximate surface area is 118 Å². The summed E-state index contributed by atoms with van der Waals surface area (Å²) in [5, 5.41) is 10.4. The van der Waals surface area contributed by atoms with Gasteiger partial charge in [-0.1, -0.05) is 25.3 Å². The number of ether oxygens (including phenoxy) is 1. The molecule has 0 amide bonds. The van der Waals surface area contributed by atoms with Crippen molar-refractivity contribution in [2.24, 2.45) is 5.92 Å². The van der Waals surface area contributed by atoms with Crippen LogP contribution in [0.25, 0.3) is 0 Å². The fourth-order valence-corrected chi connectivity index (χ4v) is 3.10. The maximum atomic E-state index is 13.8. The van der Waals surface area contributed by atoms with Gasteiger partial charge >= 0.3 is 0 Å². The molecular formula is C16H22F2O2. The third kappa shape index (κ3) is 3.36. The van der Waals surface area contributed by atoms with Gasteiger partial charge in [0, 0.05) is 6.61 Å². The molecule has 1 aromatic carbocycles. The van der Waals surface area contributed by atoms with Gasteiger partial charge in [-0.2, -0.15) is 0 Å². The molecule has 2 nitrogen and oxygen atoms in total. The Morgan fingerprint density at radius 1 is 1.20 bits per heavy atom. The van der Waals surface area contributed by atoms with E-state index in [1.807, 2.05) is 6.92 Å². The molecule has 2 unspecified atom stereocenters. The molecule has 0 aliphatic heterocycles. The Kier molecular flexibility index (Phi) is 5.49. The maximum absolute atomic E-state index is 13.8. The summed E-state index contributed by atoms with van der Waals surface area (Å²) in [7, 11) is 0. The zero-order valence-corrected chi connectivity index (χ0v) is 11.8. The molecule has 1 fully saturated rings. The maximum Gasteiger partial charge on any atom is 0.132 e. The highest BCUT2D eigenvalue weighted by Crippen LogP contribution is 2.35. The van der Waals surface area contributed by atoms with Gasteiger partial charge in [-0.05, 0) is 37.8 Å². The van der Waals surface area contributed by atoms with Crippen LogP contribution in [0.4, 0.5) is 8.78 Å². The number of benzene rings is 1. The second-order valence-electron chi connectivity index (χ2n) is 5.40. The van der Waals surface area contributed by atoms with Crippen LogP contribution in [0.2, 0.25) is 0 Å². The standard InChI is InChI=1S/C16H22F2O2/c1-2-20-16(11-7-4-3-5-8-11)15(19)14-12(17)9-6-10-13(14)18/h6,9-11,15-16,19H,2-5,7-8H2,1H3. The number of halogens is 2. The van der Waals surface area contributed by atoms with E-state index < -0.39 is 23.8 Å². The fraction of sp³-hybridized carbons (Fsp3) is 0.625. The first-order valence-electron chi connectivity index (χ1n) is 7.38. The average Bonchev–Trinajstić information content (AvgIpc) is 2.45. The summed E-state index contributed by atoms with van der Waals surface area (Å²) < 4.78 is 33.3. The minimum atomic E-state index is -1.25. The van der Waals surface area contributed by atoms with Crippen LogP contribution < -0.4 is 0 Å². The van der Waals surface area contributed by atoms with Gasteiger partial charge in [-0.25, -0.2) is 8.78 Å². The van der Waals surface area contributed by atoms with Crippen LogP contribution in [0.3, 0.4) is 0 Å². The SMILES string of the molecule is CCOC(C1CCCCC1)C(O)c1c(F)cccc1F. The number of rotatable bonds is 5. The molecule has 0 saturated heterocycles. The molecule has 20 heavy (non-hydrogen) atoms. The van der Waals surface area contributed by atoms with E-state index in [1.54, 1.807) is 0 Å². The average molecular weight is 284 g/mol. The van der Waals surface area contributed by atoms with Gasteiger partial charge in [0.25, 0.3) is 0 Å². The van der Waals surface area contributed by atoms with E-state index >= 15 is 0 Å². The first kappa shape index (κ1) is 15.4. The Bertz CT molecular complexity index is 410. The summed E-state index contributed by atoms with van der Waals surface area (Å²) in [6, 6.07) is 3.65. The summed E-state index contributed by atoms with van der Waals surface area (Å²) in [6.45, 7) is 2.26. The lowest BCUT2D eigenvalue weighted by atomic mass is 9.81. The first-order chi connectivity index (χ1) is 9.65. The van der Waals surface area contributed by atoms with E-state index in [9.17, 15) is 13.9 Å². The zero-order valence-electron chi connectivity index (χ0n) is 11.8. The summed E-state index contributed by atoms with van der Waals surface area (Å²) in [5.41, 5.74) is -0.267. The molecule has 0 radical (unpaired) electrons. The van der Waals surface area contributed by atoms with Gasteiger partial charge in [0.05, 0.1) is 11.7 Å². The van der Waals surface area contributed by atoms with Crippen molar-refractivity contribution in [3.63, 3.8) is 0 Å². The molecule has 0 heterocycles. The second kappa shape index (κ2) is 7.14. The van der Waals surface area contributed by atoms with Crippen LogP contribution in [0.1, 0.15) is 50.7 Å². The van der Waals surface area contributed by atoms with Crippen LogP contribution in [0, 0.1) is 17.6 Å². The van der Waals surface area contributed by atoms with E-state index in [1.165, 1.54) is 24.6 Å². The minimum absolute atomic E-state index is 0.165. The van der Waals surface area contributed by atoms with Gasteiger partial charge in [0.15, 0.2) is 0 Å². The molecule has 1 saturated carbocycles. The molecule has 0 bridgehead atoms. The number of aliphatic hydroxyl groups excluding tert-OH is 1. The molecule has 0 spiro atoms. The van der Waals surface area contributed by atoms with Gasteiger partial charge in [-0.15, -0.1) is 0 Å². The van der Waals surface area contributed by atoms with E-state index in [4.69, 9.17) is 4.74 Å². The van der Waals surface area contributed by atoms with Crippen molar-refractivity contribution in [1.29, 1.82) is 0 Å². The third-order valence-corrected chi connectivity index (χ3v) is 4.08. The van der Waals surface area contributed by atoms with Crippen molar-refractivity contribution >= 4 is 0 Å². The van der Waals surface area contributed by atoms with Crippen molar-refractivity contribution in [2.75, 3.05) is 6.61 Å². The smallest absolute Gasteiger partial charge is 0.132 e. The van der Waals surface area contributed by atoms with E-state index in [0.29, 0.717) is 6.61 Å². The summed E-state index contributed by atoms with van der Waals surface area (Å²) >= 11 is 0. The Morgan fingerprint density at radius 3 is 2.35 bits per heavy atom. The van der Waals surface area contributed by atoms with Gasteiger partial charge in [-0.3, -0.25) is 0 Å². The van der Waals surface area contributed by atoms with Gasteiger partial charge in [0.1, 0.15) is 17.7 Å². The number of aliphatic hydroxyl groups is 1. The number of hydrogen-bond donors (Lipinski definition) is 1. The molecule has 4 heteroatoms. The second-order valence-corrected chi connectivity index (χ2v) is 5.40. The molecule has 1 aromatic rings. The summed E-state index contributed by atoms with van der Waals surface area (Å²) in [5.74, 6) is -1.26. The van der Waals surface area contributed by atoms with Crippen LogP contribution in [0.5, 0.6) is 0 Å². The first-order valence-corrected chi connectivity index (χ1v) is 7.38. The van der Waals surface area contributed by atoms with Crippen LogP contribution in [-0.4, -0.2) is 17.8 Å². The fourth-order valence-electron chi connectivity index (χ4n) is 3.10. The van der Waals surface area contributed by atoms with Crippen molar-refractivity contribution in [2.45, 2.75) is 51.2 Å². The summed E-state index contributed by atoms with van der Waals surface area (Å²) in [4.78, 5) is 0. The largest absolute Gasteiger partial charge is 0.385 e. The van der Waals surface area contributed by atoms with E-state index in [-0.39, 0.29) is 11.5 Å². The van der Waals surface area contributed by atoms with E-state index in [2.05, 4.69) is 0 Å². The molecular weight excluding hydrogens is 262 g/mol. The predicted molar refractivity (Wildman–Crippen MR) is 73.3 cm³/mol. The summed E-state index contributed by atoms with van der Waals surface area (Å²) in [6.07, 6.45) is 3.45. The monoisotopic (exact) mass is 284 g/mol. The van der Waals surface area contributed by atoms with E-state index in [0.717, 1.165) is 25.7 Å². The highest BCUT2D eigenvalue weighted by atomic mass is 19.1. The lowest BCUT2D eigenvalue weighted by Crippen LogP contribution is -2.33. The highest BCUT2D eigenvalue weighted by molar-refractivity contribution is 5.23. The lowest BCUT2D eigenvalue weighted by molar-refractivity contribution is -0.0761. The van der Waals surface area contributed by atoms with Crippen molar-refractivity contribution < 1.29 is 18.6 Å². The zero-order chi connectivity index (χ0) is 14.5. The molecule has 1 aliphatic rings. The minimum Gasteiger partial charge on any atom is -0.385 e. The van der Waals surface area contributed by atoms with Crippen LogP contribution in [-0.2, 0) is 4.74 Å². The van der Waals surface area contributed by atoms with Crippen molar-refractivity contribution in [3.05, 3.63) is 35.4 Å². The van der Waals surface area contributed by atoms with Crippen LogP contribution >= 0.6 is 0 Å². The van der Waals surface area contributed by atoms with Crippen molar-refractivity contribution in [1.82, 2.24) is 0 Å². The Hall–Kier alpha value is -1.00. The van der Waals surface area contributed by atoms with Crippen molar-refractivity contribution in [3.8, 4) is 0 Å². The molecule has 2 atom stereocenters. The molecule has 112 valence electrons. The normalized spacial score (nSPS) is 19.8. The topological polar surface area (TPSA) is 29.5 Å². The quantitative estimate of drug-likeness (QED) is 0.886. The highest BCUT2D eigenvalue weighted by Gasteiger charge is 2.33.